The first-order chi connectivity index (χ1) is 4.35. The van der Waals surface area contributed by atoms with Crippen LogP contribution in [-0.4, -0.2) is 12.6 Å². The van der Waals surface area contributed by atoms with Crippen LogP contribution < -0.4 is 5.32 Å². The van der Waals surface area contributed by atoms with Crippen molar-refractivity contribution in [1.29, 1.82) is 10.5 Å². The zero-order valence-electron chi connectivity index (χ0n) is 5.39. The van der Waals surface area contributed by atoms with Crippen molar-refractivity contribution in [2.24, 2.45) is 0 Å². The molecule has 9 heavy (non-hydrogen) atoms. The molecule has 0 radical (unpaired) electrons. The summed E-state index contributed by atoms with van der Waals surface area (Å²) in [5.41, 5.74) is 0. The summed E-state index contributed by atoms with van der Waals surface area (Å²) in [7, 11) is 0. The lowest BCUT2D eigenvalue weighted by Crippen LogP contribution is -2.26. The predicted octanol–water partition coefficient (Wildman–Crippen LogP) is 0.402. The molecule has 1 atom stereocenters. The van der Waals surface area contributed by atoms with Crippen LogP contribution in [0, 0.1) is 22.7 Å². The number of nitriles is 2. The minimum absolute atomic E-state index is 0.162. The SMILES string of the molecule is CCC(C#N)NCC#N. The number of hydrogen-bond donors (Lipinski definition) is 1. The summed E-state index contributed by atoms with van der Waals surface area (Å²) >= 11 is 0. The minimum Gasteiger partial charge on any atom is -0.289 e. The Balaban J connectivity index is 3.37. The Morgan fingerprint density at radius 3 is 2.56 bits per heavy atom. The van der Waals surface area contributed by atoms with Gasteiger partial charge in [-0.2, -0.15) is 10.5 Å². The van der Waals surface area contributed by atoms with Gasteiger partial charge in [0.1, 0.15) is 0 Å². The number of nitrogens with zero attached hydrogens (tertiary/aromatic N) is 2. The molecule has 0 fully saturated rings. The third kappa shape index (κ3) is 3.52. The maximum absolute atomic E-state index is 8.33. The molecule has 0 aromatic carbocycles. The van der Waals surface area contributed by atoms with E-state index in [0.29, 0.717) is 0 Å². The fraction of sp³-hybridized carbons (Fsp3) is 0.667. The average molecular weight is 123 g/mol. The summed E-state index contributed by atoms with van der Waals surface area (Å²) in [5.74, 6) is 0. The lowest BCUT2D eigenvalue weighted by molar-refractivity contribution is 0.630. The molecule has 0 saturated carbocycles. The van der Waals surface area contributed by atoms with Gasteiger partial charge in [0, 0.05) is 0 Å². The summed E-state index contributed by atoms with van der Waals surface area (Å²) in [6.07, 6.45) is 0.748. The molecular weight excluding hydrogens is 114 g/mol. The molecule has 3 nitrogen and oxygen atoms in total. The van der Waals surface area contributed by atoms with Crippen LogP contribution in [0.1, 0.15) is 13.3 Å². The van der Waals surface area contributed by atoms with E-state index in [9.17, 15) is 0 Å². The van der Waals surface area contributed by atoms with E-state index in [1.807, 2.05) is 19.1 Å². The Morgan fingerprint density at radius 1 is 1.56 bits per heavy atom. The molecule has 0 rings (SSSR count). The van der Waals surface area contributed by atoms with E-state index in [-0.39, 0.29) is 12.6 Å². The monoisotopic (exact) mass is 123 g/mol. The van der Waals surface area contributed by atoms with Gasteiger partial charge in [0.15, 0.2) is 0 Å². The Hall–Kier alpha value is -1.06. The highest BCUT2D eigenvalue weighted by Crippen LogP contribution is 1.84. The van der Waals surface area contributed by atoms with E-state index in [4.69, 9.17) is 10.5 Å². The first kappa shape index (κ1) is 7.94. The summed E-state index contributed by atoms with van der Waals surface area (Å²) in [4.78, 5) is 0. The number of hydrogen-bond acceptors (Lipinski definition) is 3. The largest absolute Gasteiger partial charge is 0.289 e. The highest BCUT2D eigenvalue weighted by molar-refractivity contribution is 4.90. The zero-order chi connectivity index (χ0) is 7.11. The van der Waals surface area contributed by atoms with Crippen molar-refractivity contribution in [2.75, 3.05) is 6.54 Å². The zero-order valence-corrected chi connectivity index (χ0v) is 5.39. The summed E-state index contributed by atoms with van der Waals surface area (Å²) in [6, 6.07) is 3.77. The molecule has 0 aliphatic rings. The van der Waals surface area contributed by atoms with Gasteiger partial charge in [-0.05, 0) is 6.42 Å². The highest BCUT2D eigenvalue weighted by Gasteiger charge is 1.99. The van der Waals surface area contributed by atoms with E-state index in [0.717, 1.165) is 6.42 Å². The molecular formula is C6H9N3. The van der Waals surface area contributed by atoms with Gasteiger partial charge in [-0.25, -0.2) is 0 Å². The molecule has 0 aliphatic heterocycles. The molecule has 0 aromatic rings. The van der Waals surface area contributed by atoms with E-state index in [1.165, 1.54) is 0 Å². The summed E-state index contributed by atoms with van der Waals surface area (Å²) < 4.78 is 0. The van der Waals surface area contributed by atoms with Crippen LogP contribution in [0.3, 0.4) is 0 Å². The van der Waals surface area contributed by atoms with Crippen molar-refractivity contribution in [2.45, 2.75) is 19.4 Å². The quantitative estimate of drug-likeness (QED) is 0.552. The average Bonchev–Trinajstić information content (AvgIpc) is 1.91. The van der Waals surface area contributed by atoms with Crippen molar-refractivity contribution in [3.63, 3.8) is 0 Å². The van der Waals surface area contributed by atoms with Crippen LogP contribution in [0.5, 0.6) is 0 Å². The summed E-state index contributed by atoms with van der Waals surface area (Å²) in [6.45, 7) is 2.16. The van der Waals surface area contributed by atoms with Gasteiger partial charge in [0.05, 0.1) is 24.7 Å². The predicted molar refractivity (Wildman–Crippen MR) is 33.3 cm³/mol. The van der Waals surface area contributed by atoms with Crippen molar-refractivity contribution in [1.82, 2.24) is 5.32 Å². The Morgan fingerprint density at radius 2 is 2.22 bits per heavy atom. The smallest absolute Gasteiger partial charge is 0.0958 e. The van der Waals surface area contributed by atoms with E-state index >= 15 is 0 Å². The first-order valence-electron chi connectivity index (χ1n) is 2.85. The second-order valence-corrected chi connectivity index (χ2v) is 1.63. The van der Waals surface area contributed by atoms with Gasteiger partial charge in [-0.1, -0.05) is 6.92 Å². The van der Waals surface area contributed by atoms with E-state index < -0.39 is 0 Å². The molecule has 0 aliphatic carbocycles. The van der Waals surface area contributed by atoms with Crippen molar-refractivity contribution in [3.05, 3.63) is 0 Å². The molecule has 0 heterocycles. The molecule has 3 heteroatoms. The van der Waals surface area contributed by atoms with Gasteiger partial charge in [-0.15, -0.1) is 0 Å². The first-order valence-corrected chi connectivity index (χ1v) is 2.85. The molecule has 0 spiro atoms. The van der Waals surface area contributed by atoms with Crippen LogP contribution in [0.2, 0.25) is 0 Å². The summed E-state index contributed by atoms with van der Waals surface area (Å²) in [5, 5.41) is 19.2. The molecule has 48 valence electrons. The topological polar surface area (TPSA) is 59.6 Å². The molecule has 1 N–H and O–H groups in total. The van der Waals surface area contributed by atoms with Crippen LogP contribution in [0.25, 0.3) is 0 Å². The molecule has 0 saturated heterocycles. The molecule has 1 unspecified atom stereocenters. The second kappa shape index (κ2) is 5.08. The highest BCUT2D eigenvalue weighted by atomic mass is 14.9. The third-order valence-corrected chi connectivity index (χ3v) is 0.992. The van der Waals surface area contributed by atoms with Gasteiger partial charge >= 0.3 is 0 Å². The fourth-order valence-electron chi connectivity index (χ4n) is 0.450. The Bertz CT molecular complexity index is 139. The molecule has 0 bridgehead atoms. The van der Waals surface area contributed by atoms with Crippen molar-refractivity contribution < 1.29 is 0 Å². The van der Waals surface area contributed by atoms with Gasteiger partial charge in [-0.3, -0.25) is 5.32 Å². The number of nitrogens with one attached hydrogen (secondary N) is 1. The number of rotatable bonds is 3. The van der Waals surface area contributed by atoms with Crippen LogP contribution >= 0.6 is 0 Å². The van der Waals surface area contributed by atoms with E-state index in [1.54, 1.807) is 0 Å². The molecule has 0 amide bonds. The normalized spacial score (nSPS) is 11.4. The van der Waals surface area contributed by atoms with Crippen LogP contribution in [-0.2, 0) is 0 Å². The third-order valence-electron chi connectivity index (χ3n) is 0.992. The van der Waals surface area contributed by atoms with Gasteiger partial charge in [0.2, 0.25) is 0 Å². The minimum atomic E-state index is -0.162. The lowest BCUT2D eigenvalue weighted by atomic mass is 10.2. The fourth-order valence-corrected chi connectivity index (χ4v) is 0.450. The van der Waals surface area contributed by atoms with Crippen molar-refractivity contribution in [3.8, 4) is 12.1 Å². The van der Waals surface area contributed by atoms with Crippen LogP contribution in [0.15, 0.2) is 0 Å². The van der Waals surface area contributed by atoms with E-state index in [2.05, 4.69) is 5.32 Å². The Labute approximate surface area is 54.9 Å². The van der Waals surface area contributed by atoms with Gasteiger partial charge < -0.3 is 0 Å². The Kier molecular flexibility index (Phi) is 4.49. The second-order valence-electron chi connectivity index (χ2n) is 1.63. The molecule has 0 aromatic heterocycles. The standard InChI is InChI=1S/C6H9N3/c1-2-6(5-8)9-4-3-7/h6,9H,2,4H2,1H3. The van der Waals surface area contributed by atoms with Gasteiger partial charge in [0.25, 0.3) is 0 Å². The van der Waals surface area contributed by atoms with Crippen molar-refractivity contribution >= 4 is 0 Å². The van der Waals surface area contributed by atoms with Crippen LogP contribution in [0.4, 0.5) is 0 Å². The maximum atomic E-state index is 8.33. The maximum Gasteiger partial charge on any atom is 0.0958 e. The lowest BCUT2D eigenvalue weighted by Gasteiger charge is -2.02.